The summed E-state index contributed by atoms with van der Waals surface area (Å²) in [5.41, 5.74) is 0. The number of hydrogen-bond acceptors (Lipinski definition) is 3. The fraction of sp³-hybridized carbons (Fsp3) is 0.889. The minimum atomic E-state index is -8.24. The third-order valence-corrected chi connectivity index (χ3v) is 2.90. The highest BCUT2D eigenvalue weighted by Gasteiger charge is 2.83. The minimum absolute atomic E-state index is 4.13. The van der Waals surface area contributed by atoms with Gasteiger partial charge < -0.3 is 5.11 Å². The van der Waals surface area contributed by atoms with Crippen LogP contribution in [0, 0.1) is 0 Å². The molecule has 0 aliphatic heterocycles. The second kappa shape index (κ2) is 7.71. The molecular weight excluding hydrogens is 491 g/mol. The van der Waals surface area contributed by atoms with Gasteiger partial charge in [-0.15, -0.1) is 4.90 Å². The minimum Gasteiger partial charge on any atom is -0.477 e. The summed E-state index contributed by atoms with van der Waals surface area (Å²) < 4.78 is 218. The maximum Gasteiger partial charge on any atom is 0.469 e. The van der Waals surface area contributed by atoms with Gasteiger partial charge in [0.05, 0.1) is 0 Å². The van der Waals surface area contributed by atoms with Crippen LogP contribution in [-0.4, -0.2) is 70.3 Å². The molecule has 0 aromatic rings. The topological polar surface area (TPSA) is 43.8 Å². The Balaban J connectivity index is 6.98. The molecule has 1 N–H and O–H groups in total. The standard InChI is InChI=1S/C9H3F17N2O2/c10-1(11)5(16,17)28(9(24,25)26)8(22,23)7(20,21)27(3(12)13)6(18,19)4(14,15)2(29)30/h1,3H,(H,29,30). The van der Waals surface area contributed by atoms with Crippen LogP contribution in [-0.2, 0) is 4.79 Å². The molecule has 4 nitrogen and oxygen atoms in total. The van der Waals surface area contributed by atoms with Gasteiger partial charge in [-0.05, 0) is 0 Å². The van der Waals surface area contributed by atoms with Crippen molar-refractivity contribution in [1.82, 2.24) is 9.80 Å². The summed E-state index contributed by atoms with van der Waals surface area (Å²) in [5, 5.41) is 7.77. The van der Waals surface area contributed by atoms with Crippen LogP contribution in [0.1, 0.15) is 0 Å². The lowest BCUT2D eigenvalue weighted by atomic mass is 10.2. The van der Waals surface area contributed by atoms with Gasteiger partial charge >= 0.3 is 55.4 Å². The van der Waals surface area contributed by atoms with Crippen LogP contribution < -0.4 is 0 Å². The lowest BCUT2D eigenvalue weighted by Gasteiger charge is -2.45. The molecule has 0 amide bonds. The van der Waals surface area contributed by atoms with Crippen molar-refractivity contribution in [2.24, 2.45) is 0 Å². The predicted molar refractivity (Wildman–Crippen MR) is 54.1 cm³/mol. The van der Waals surface area contributed by atoms with Gasteiger partial charge in [-0.2, -0.15) is 65.9 Å². The monoisotopic (exact) mass is 494 g/mol. The Bertz CT molecular complexity index is 629. The van der Waals surface area contributed by atoms with E-state index in [-0.39, 0.29) is 0 Å². The summed E-state index contributed by atoms with van der Waals surface area (Å²) in [6.07, 6.45) is -13.6. The molecule has 0 aliphatic rings. The van der Waals surface area contributed by atoms with E-state index in [0.717, 1.165) is 0 Å². The molecule has 0 radical (unpaired) electrons. The smallest absolute Gasteiger partial charge is 0.469 e. The van der Waals surface area contributed by atoms with Crippen molar-refractivity contribution in [2.75, 3.05) is 0 Å². The van der Waals surface area contributed by atoms with Crippen molar-refractivity contribution in [1.29, 1.82) is 0 Å². The first-order valence-corrected chi connectivity index (χ1v) is 6.17. The van der Waals surface area contributed by atoms with E-state index < -0.39 is 65.2 Å². The van der Waals surface area contributed by atoms with E-state index in [0.29, 0.717) is 0 Å². The Morgan fingerprint density at radius 2 is 1.03 bits per heavy atom. The van der Waals surface area contributed by atoms with E-state index in [9.17, 15) is 79.4 Å². The fourth-order valence-electron chi connectivity index (χ4n) is 1.59. The van der Waals surface area contributed by atoms with Crippen LogP contribution in [0.3, 0.4) is 0 Å². The molecule has 0 heterocycles. The highest BCUT2D eigenvalue weighted by Crippen LogP contribution is 2.54. The summed E-state index contributed by atoms with van der Waals surface area (Å²) in [6, 6.07) is -31.5. The number of carboxylic acid groups (broad SMARTS) is 1. The normalized spacial score (nSPS) is 15.6. The second-order valence-electron chi connectivity index (χ2n) is 4.84. The number of carbonyl (C=O) groups is 1. The zero-order valence-electron chi connectivity index (χ0n) is 12.8. The Kier molecular flexibility index (Phi) is 7.25. The number of rotatable bonds is 9. The summed E-state index contributed by atoms with van der Waals surface area (Å²) in [6.45, 7) is -6.08. The number of carboxylic acids is 1. The quantitative estimate of drug-likeness (QED) is 0.374. The third-order valence-electron chi connectivity index (χ3n) is 2.90. The van der Waals surface area contributed by atoms with Gasteiger partial charge in [-0.1, -0.05) is 4.90 Å². The number of halogens is 17. The zero-order chi connectivity index (χ0) is 24.9. The Labute approximate surface area is 151 Å². The van der Waals surface area contributed by atoms with Crippen molar-refractivity contribution in [3.63, 3.8) is 0 Å². The molecule has 0 aromatic carbocycles. The molecule has 0 bridgehead atoms. The van der Waals surface area contributed by atoms with Crippen LogP contribution >= 0.6 is 0 Å². The SMILES string of the molecule is O=C(O)C(F)(F)C(F)(F)N(C(F)F)C(F)(F)C(F)(F)N(C(F)(F)F)C(F)(F)C(F)F. The van der Waals surface area contributed by atoms with Crippen LogP contribution in [0.5, 0.6) is 0 Å². The van der Waals surface area contributed by atoms with Crippen LogP contribution in [0.4, 0.5) is 74.6 Å². The molecule has 0 aliphatic carbocycles. The summed E-state index contributed by atoms with van der Waals surface area (Å²) in [4.78, 5) is 1.42. The highest BCUT2D eigenvalue weighted by molar-refractivity contribution is 5.76. The molecule has 0 spiro atoms. The fourth-order valence-corrected chi connectivity index (χ4v) is 1.59. The van der Waals surface area contributed by atoms with Crippen molar-refractivity contribution in [3.8, 4) is 0 Å². The Hall–Kier alpha value is -1.80. The Morgan fingerprint density at radius 3 is 1.27 bits per heavy atom. The largest absolute Gasteiger partial charge is 0.477 e. The van der Waals surface area contributed by atoms with Crippen molar-refractivity contribution >= 4 is 5.97 Å². The molecule has 180 valence electrons. The maximum atomic E-state index is 13.6. The number of alkyl halides is 17. The van der Waals surface area contributed by atoms with E-state index >= 15 is 0 Å². The summed E-state index contributed by atoms with van der Waals surface area (Å²) in [5.74, 6) is -11.4. The average Bonchev–Trinajstić information content (AvgIpc) is 2.42. The Morgan fingerprint density at radius 1 is 0.667 bits per heavy atom. The van der Waals surface area contributed by atoms with Crippen molar-refractivity contribution in [3.05, 3.63) is 0 Å². The van der Waals surface area contributed by atoms with Crippen molar-refractivity contribution < 1.29 is 84.5 Å². The number of hydrogen-bond donors (Lipinski definition) is 1. The number of aliphatic carboxylic acids is 1. The van der Waals surface area contributed by atoms with Gasteiger partial charge in [0.1, 0.15) is 0 Å². The summed E-state index contributed by atoms with van der Waals surface area (Å²) >= 11 is 0. The maximum absolute atomic E-state index is 13.6. The van der Waals surface area contributed by atoms with Crippen LogP contribution in [0.25, 0.3) is 0 Å². The first-order valence-electron chi connectivity index (χ1n) is 6.17. The molecular formula is C9H3F17N2O2. The van der Waals surface area contributed by atoms with Crippen LogP contribution in [0.15, 0.2) is 0 Å². The number of nitrogens with zero attached hydrogens (tertiary/aromatic N) is 2. The molecule has 0 rings (SSSR count). The molecule has 0 saturated heterocycles. The van der Waals surface area contributed by atoms with Crippen LogP contribution in [0.2, 0.25) is 0 Å². The average molecular weight is 494 g/mol. The molecule has 0 saturated carbocycles. The predicted octanol–water partition coefficient (Wildman–Crippen LogP) is 4.69. The first-order chi connectivity index (χ1) is 12.8. The lowest BCUT2D eigenvalue weighted by Crippen LogP contribution is -2.75. The van der Waals surface area contributed by atoms with E-state index in [1.807, 2.05) is 0 Å². The molecule has 21 heteroatoms. The van der Waals surface area contributed by atoms with Gasteiger partial charge in [-0.3, -0.25) is 0 Å². The van der Waals surface area contributed by atoms with E-state index in [1.54, 1.807) is 0 Å². The molecule has 0 atom stereocenters. The molecule has 0 aromatic heterocycles. The van der Waals surface area contributed by atoms with E-state index in [4.69, 9.17) is 5.11 Å². The first kappa shape index (κ1) is 28.2. The summed E-state index contributed by atoms with van der Waals surface area (Å²) in [7, 11) is 0. The zero-order valence-corrected chi connectivity index (χ0v) is 12.8. The van der Waals surface area contributed by atoms with Gasteiger partial charge in [0.2, 0.25) is 0 Å². The third kappa shape index (κ3) is 4.30. The molecule has 0 unspecified atom stereocenters. The van der Waals surface area contributed by atoms with Crippen molar-refractivity contribution in [2.45, 2.75) is 49.4 Å². The lowest BCUT2D eigenvalue weighted by molar-refractivity contribution is -0.498. The second-order valence-corrected chi connectivity index (χ2v) is 4.84. The molecule has 0 fully saturated rings. The van der Waals surface area contributed by atoms with E-state index in [2.05, 4.69) is 0 Å². The molecule has 30 heavy (non-hydrogen) atoms. The van der Waals surface area contributed by atoms with E-state index in [1.165, 1.54) is 0 Å². The van der Waals surface area contributed by atoms with Gasteiger partial charge in [0.25, 0.3) is 0 Å². The highest BCUT2D eigenvalue weighted by atomic mass is 19.4. The van der Waals surface area contributed by atoms with Gasteiger partial charge in [0, 0.05) is 0 Å². The van der Waals surface area contributed by atoms with Gasteiger partial charge in [0.15, 0.2) is 0 Å². The van der Waals surface area contributed by atoms with Gasteiger partial charge in [-0.25, -0.2) is 13.6 Å².